The molecule has 1 N–H and O–H groups in total. The van der Waals surface area contributed by atoms with Crippen LogP contribution in [-0.4, -0.2) is 16.3 Å². The van der Waals surface area contributed by atoms with Gasteiger partial charge in [0.1, 0.15) is 0 Å². The van der Waals surface area contributed by atoms with E-state index in [-0.39, 0.29) is 0 Å². The molecule has 0 unspecified atom stereocenters. The van der Waals surface area contributed by atoms with Crippen molar-refractivity contribution in [1.82, 2.24) is 15.1 Å². The fraction of sp³-hybridized carbons (Fsp3) is 0.786. The summed E-state index contributed by atoms with van der Waals surface area (Å²) in [5.74, 6) is 0. The van der Waals surface area contributed by atoms with E-state index in [1.54, 1.807) is 0 Å². The maximum atomic E-state index is 4.42. The van der Waals surface area contributed by atoms with Crippen LogP contribution in [0.1, 0.15) is 63.8 Å². The normalized spacial score (nSPS) is 11.4. The molecular weight excluding hydrogens is 210 g/mol. The summed E-state index contributed by atoms with van der Waals surface area (Å²) >= 11 is 0. The van der Waals surface area contributed by atoms with Gasteiger partial charge in [-0.1, -0.05) is 26.2 Å². The van der Waals surface area contributed by atoms with Gasteiger partial charge in [-0.15, -0.1) is 0 Å². The lowest BCUT2D eigenvalue weighted by Gasteiger charge is -2.09. The molecule has 0 spiro atoms. The van der Waals surface area contributed by atoms with Crippen LogP contribution < -0.4 is 5.32 Å². The highest BCUT2D eigenvalue weighted by Gasteiger charge is 2.07. The Morgan fingerprint density at radius 3 is 2.65 bits per heavy atom. The Morgan fingerprint density at radius 1 is 1.29 bits per heavy atom. The molecule has 98 valence electrons. The van der Waals surface area contributed by atoms with Gasteiger partial charge in [-0.05, 0) is 33.7 Å². The van der Waals surface area contributed by atoms with Crippen LogP contribution in [0, 0.1) is 6.92 Å². The van der Waals surface area contributed by atoms with Crippen LogP contribution in [0.5, 0.6) is 0 Å². The molecule has 1 aromatic heterocycles. The van der Waals surface area contributed by atoms with Gasteiger partial charge in [0.15, 0.2) is 0 Å². The van der Waals surface area contributed by atoms with Gasteiger partial charge in [0.25, 0.3) is 0 Å². The summed E-state index contributed by atoms with van der Waals surface area (Å²) in [6.45, 7) is 10.8. The smallest absolute Gasteiger partial charge is 0.0537 e. The molecule has 0 aliphatic heterocycles. The molecule has 1 rings (SSSR count). The molecule has 17 heavy (non-hydrogen) atoms. The van der Waals surface area contributed by atoms with E-state index in [1.165, 1.54) is 36.9 Å². The van der Waals surface area contributed by atoms with Crippen LogP contribution in [0.3, 0.4) is 0 Å². The van der Waals surface area contributed by atoms with Crippen LogP contribution in [0.2, 0.25) is 0 Å². The molecule has 0 saturated carbocycles. The van der Waals surface area contributed by atoms with E-state index in [9.17, 15) is 0 Å². The Hall–Kier alpha value is -0.830. The van der Waals surface area contributed by atoms with Crippen LogP contribution in [0.4, 0.5) is 0 Å². The third kappa shape index (κ3) is 4.50. The highest BCUT2D eigenvalue weighted by Crippen LogP contribution is 2.12. The topological polar surface area (TPSA) is 29.9 Å². The molecule has 0 amide bonds. The lowest BCUT2D eigenvalue weighted by molar-refractivity contribution is 0.517. The molecule has 0 aliphatic carbocycles. The van der Waals surface area contributed by atoms with Gasteiger partial charge in [0.2, 0.25) is 0 Å². The predicted molar refractivity (Wildman–Crippen MR) is 73.2 cm³/mol. The molecule has 3 heteroatoms. The fourth-order valence-electron chi connectivity index (χ4n) is 2.05. The Balaban J connectivity index is 2.27. The molecular formula is C14H27N3. The molecule has 1 aromatic rings. The lowest BCUT2D eigenvalue weighted by atomic mass is 10.2. The molecule has 0 aromatic carbocycles. The highest BCUT2D eigenvalue weighted by atomic mass is 15.3. The van der Waals surface area contributed by atoms with Crippen molar-refractivity contribution in [2.45, 2.75) is 66.0 Å². The lowest BCUT2D eigenvalue weighted by Crippen LogP contribution is -2.15. The molecule has 3 nitrogen and oxygen atoms in total. The summed E-state index contributed by atoms with van der Waals surface area (Å²) in [5.41, 5.74) is 2.62. The number of nitrogens with zero attached hydrogens (tertiary/aromatic N) is 2. The average molecular weight is 237 g/mol. The quantitative estimate of drug-likeness (QED) is 0.702. The molecule has 0 saturated heterocycles. The third-order valence-corrected chi connectivity index (χ3v) is 3.16. The highest BCUT2D eigenvalue weighted by molar-refractivity contribution is 5.16. The van der Waals surface area contributed by atoms with E-state index in [2.05, 4.69) is 42.8 Å². The van der Waals surface area contributed by atoms with Crippen molar-refractivity contribution in [2.24, 2.45) is 0 Å². The van der Waals surface area contributed by atoms with E-state index in [0.29, 0.717) is 6.04 Å². The largest absolute Gasteiger partial charge is 0.313 e. The summed E-state index contributed by atoms with van der Waals surface area (Å²) in [6, 6.07) is 0.452. The second-order valence-electron chi connectivity index (χ2n) is 5.03. The van der Waals surface area contributed by atoms with Crippen LogP contribution in [0.15, 0.2) is 6.20 Å². The number of nitrogens with one attached hydrogen (secondary N) is 1. The molecule has 0 atom stereocenters. The van der Waals surface area contributed by atoms with Gasteiger partial charge in [0, 0.05) is 23.8 Å². The second kappa shape index (κ2) is 7.49. The Labute approximate surface area is 106 Å². The zero-order valence-electron chi connectivity index (χ0n) is 11.8. The van der Waals surface area contributed by atoms with Gasteiger partial charge >= 0.3 is 0 Å². The molecule has 0 bridgehead atoms. The van der Waals surface area contributed by atoms with Gasteiger partial charge in [0.05, 0.1) is 6.20 Å². The van der Waals surface area contributed by atoms with E-state index < -0.39 is 0 Å². The maximum absolute atomic E-state index is 4.42. The van der Waals surface area contributed by atoms with Gasteiger partial charge < -0.3 is 5.32 Å². The van der Waals surface area contributed by atoms with Crippen molar-refractivity contribution in [1.29, 1.82) is 0 Å². The first-order chi connectivity index (χ1) is 8.16. The summed E-state index contributed by atoms with van der Waals surface area (Å²) in [6.07, 6.45) is 7.28. The first kappa shape index (κ1) is 14.2. The summed E-state index contributed by atoms with van der Waals surface area (Å²) in [4.78, 5) is 0. The third-order valence-electron chi connectivity index (χ3n) is 3.16. The second-order valence-corrected chi connectivity index (χ2v) is 5.03. The minimum absolute atomic E-state index is 0.452. The Morgan fingerprint density at radius 2 is 2.06 bits per heavy atom. The molecule has 0 radical (unpaired) electrons. The standard InChI is InChI=1S/C14H27N3/c1-5-6-7-8-9-15-10-14-11-16-17(12(2)3)13(14)4/h11-12,15H,5-10H2,1-4H3. The van der Waals surface area contributed by atoms with Crippen LogP contribution in [-0.2, 0) is 6.54 Å². The van der Waals surface area contributed by atoms with Crippen molar-refractivity contribution in [3.8, 4) is 0 Å². The van der Waals surface area contributed by atoms with Crippen molar-refractivity contribution in [3.63, 3.8) is 0 Å². The molecule has 0 fully saturated rings. The number of unbranched alkanes of at least 4 members (excludes halogenated alkanes) is 3. The van der Waals surface area contributed by atoms with E-state index in [1.807, 2.05) is 6.20 Å². The average Bonchev–Trinajstić information content (AvgIpc) is 2.65. The van der Waals surface area contributed by atoms with Gasteiger partial charge in [-0.3, -0.25) is 4.68 Å². The Bertz CT molecular complexity index is 315. The predicted octanol–water partition coefficient (Wildman–Crippen LogP) is 3.44. The van der Waals surface area contributed by atoms with Crippen molar-refractivity contribution < 1.29 is 0 Å². The van der Waals surface area contributed by atoms with Crippen molar-refractivity contribution >= 4 is 0 Å². The monoisotopic (exact) mass is 237 g/mol. The molecule has 1 heterocycles. The van der Waals surface area contributed by atoms with Gasteiger partial charge in [-0.2, -0.15) is 5.10 Å². The molecule has 0 aliphatic rings. The van der Waals surface area contributed by atoms with E-state index >= 15 is 0 Å². The fourth-order valence-corrected chi connectivity index (χ4v) is 2.05. The van der Waals surface area contributed by atoms with Crippen molar-refractivity contribution in [3.05, 3.63) is 17.5 Å². The van der Waals surface area contributed by atoms with Crippen molar-refractivity contribution in [2.75, 3.05) is 6.54 Å². The minimum Gasteiger partial charge on any atom is -0.313 e. The van der Waals surface area contributed by atoms with Crippen LogP contribution >= 0.6 is 0 Å². The number of aromatic nitrogens is 2. The zero-order chi connectivity index (χ0) is 12.7. The van der Waals surface area contributed by atoms with Gasteiger partial charge in [-0.25, -0.2) is 0 Å². The summed E-state index contributed by atoms with van der Waals surface area (Å²) < 4.78 is 2.09. The first-order valence-corrected chi connectivity index (χ1v) is 6.90. The first-order valence-electron chi connectivity index (χ1n) is 6.90. The number of rotatable bonds is 8. The number of hydrogen-bond donors (Lipinski definition) is 1. The summed E-state index contributed by atoms with van der Waals surface area (Å²) in [7, 11) is 0. The zero-order valence-corrected chi connectivity index (χ0v) is 11.8. The minimum atomic E-state index is 0.452. The number of hydrogen-bond acceptors (Lipinski definition) is 2. The Kier molecular flexibility index (Phi) is 6.27. The van der Waals surface area contributed by atoms with E-state index in [4.69, 9.17) is 0 Å². The summed E-state index contributed by atoms with van der Waals surface area (Å²) in [5, 5.41) is 7.92. The maximum Gasteiger partial charge on any atom is 0.0537 e. The van der Waals surface area contributed by atoms with E-state index in [0.717, 1.165) is 13.1 Å². The van der Waals surface area contributed by atoms with Crippen LogP contribution in [0.25, 0.3) is 0 Å². The SMILES string of the molecule is CCCCCCNCc1cnn(C(C)C)c1C.